The molecule has 0 aromatic heterocycles. The van der Waals surface area contributed by atoms with Gasteiger partial charge in [-0.15, -0.1) is 0 Å². The van der Waals surface area contributed by atoms with E-state index < -0.39 is 44.0 Å². The van der Waals surface area contributed by atoms with Gasteiger partial charge in [0.25, 0.3) is 6.43 Å². The first kappa shape index (κ1) is 24.2. The molecule has 0 saturated heterocycles. The van der Waals surface area contributed by atoms with E-state index in [4.69, 9.17) is 14.6 Å². The Balaban J connectivity index is 1.60. The summed E-state index contributed by atoms with van der Waals surface area (Å²) in [6.45, 7) is 0.459. The maximum Gasteiger partial charge on any atom is 0.508 e. The maximum atomic E-state index is 12.2. The largest absolute Gasteiger partial charge is 0.508 e. The highest BCUT2D eigenvalue weighted by Crippen LogP contribution is 2.48. The van der Waals surface area contributed by atoms with E-state index >= 15 is 0 Å². The normalized spacial score (nSPS) is 25.0. The predicted molar refractivity (Wildman–Crippen MR) is 110 cm³/mol. The summed E-state index contributed by atoms with van der Waals surface area (Å²) < 4.78 is 39.4. The molecule has 0 spiro atoms. The van der Waals surface area contributed by atoms with Crippen LogP contribution in [0.25, 0.3) is 0 Å². The molecule has 7 nitrogen and oxygen atoms in total. The van der Waals surface area contributed by atoms with Gasteiger partial charge in [0.15, 0.2) is 13.2 Å². The maximum absolute atomic E-state index is 12.2. The number of hydrogen-bond acceptors (Lipinski definition) is 6. The van der Waals surface area contributed by atoms with E-state index in [-0.39, 0.29) is 17.8 Å². The van der Waals surface area contributed by atoms with E-state index in [1.807, 2.05) is 19.1 Å². The second-order valence-electron chi connectivity index (χ2n) is 8.55. The van der Waals surface area contributed by atoms with Crippen molar-refractivity contribution in [3.8, 4) is 5.75 Å². The summed E-state index contributed by atoms with van der Waals surface area (Å²) in [5, 5.41) is 19.6. The molecule has 0 heterocycles. The van der Waals surface area contributed by atoms with Gasteiger partial charge in [0, 0.05) is 0 Å². The molecule has 2 aliphatic rings. The summed E-state index contributed by atoms with van der Waals surface area (Å²) in [6, 6.07) is 5.64. The van der Waals surface area contributed by atoms with Gasteiger partial charge < -0.3 is 24.4 Å². The molecule has 0 radical (unpaired) electrons. The summed E-state index contributed by atoms with van der Waals surface area (Å²) in [7, 11) is 0. The zero-order valence-corrected chi connectivity index (χ0v) is 18.0. The highest BCUT2D eigenvalue weighted by Gasteiger charge is 2.45. The van der Waals surface area contributed by atoms with Crippen LogP contribution in [0.4, 0.5) is 13.6 Å². The Morgan fingerprint density at radius 3 is 2.72 bits per heavy atom. The molecule has 1 fully saturated rings. The molecule has 1 aromatic rings. The molecule has 2 N–H and O–H groups in total. The van der Waals surface area contributed by atoms with Crippen LogP contribution in [0.1, 0.15) is 43.7 Å². The van der Waals surface area contributed by atoms with Gasteiger partial charge in [-0.2, -0.15) is 0 Å². The van der Waals surface area contributed by atoms with E-state index in [0.717, 1.165) is 24.0 Å². The van der Waals surface area contributed by atoms with Gasteiger partial charge in [-0.1, -0.05) is 19.1 Å². The molecule has 0 bridgehead atoms. The van der Waals surface area contributed by atoms with Gasteiger partial charge in [-0.05, 0) is 73.5 Å². The van der Waals surface area contributed by atoms with Crippen LogP contribution in [0.3, 0.4) is 0 Å². The first-order chi connectivity index (χ1) is 15.3. The third kappa shape index (κ3) is 6.09. The molecule has 2 aliphatic carbocycles. The minimum absolute atomic E-state index is 0.0338. The van der Waals surface area contributed by atoms with Crippen molar-refractivity contribution in [2.24, 2.45) is 17.8 Å². The number of aliphatic hydroxyl groups excluding tert-OH is 1. The molecule has 0 unspecified atom stereocenters. The summed E-state index contributed by atoms with van der Waals surface area (Å²) in [5.74, 6) is 0.109. The van der Waals surface area contributed by atoms with Gasteiger partial charge in [-0.25, -0.2) is 18.4 Å². The molecule has 0 aliphatic heterocycles. The lowest BCUT2D eigenvalue weighted by Crippen LogP contribution is -2.29. The Morgan fingerprint density at radius 2 is 2.03 bits per heavy atom. The van der Waals surface area contributed by atoms with Crippen molar-refractivity contribution >= 4 is 12.1 Å². The number of carbonyl (C=O) groups is 2. The Bertz CT molecular complexity index is 801. The van der Waals surface area contributed by atoms with Crippen LogP contribution in [-0.2, 0) is 27.1 Å². The van der Waals surface area contributed by atoms with Crippen LogP contribution in [0.15, 0.2) is 18.2 Å². The molecular weight excluding hydrogens is 426 g/mol. The lowest BCUT2D eigenvalue weighted by molar-refractivity contribution is -0.139. The fourth-order valence-corrected chi connectivity index (χ4v) is 5.10. The van der Waals surface area contributed by atoms with E-state index in [0.29, 0.717) is 31.4 Å². The van der Waals surface area contributed by atoms with E-state index in [2.05, 4.69) is 4.74 Å². The fraction of sp³-hybridized carbons (Fsp3) is 0.652. The number of carboxylic acid groups (broad SMARTS) is 1. The number of alkyl halides is 2. The smallest absolute Gasteiger partial charge is 0.482 e. The number of aliphatic hydroxyl groups is 1. The van der Waals surface area contributed by atoms with Gasteiger partial charge in [-0.3, -0.25) is 0 Å². The van der Waals surface area contributed by atoms with Gasteiger partial charge in [0.1, 0.15) is 11.9 Å². The second kappa shape index (κ2) is 10.9. The third-order valence-corrected chi connectivity index (χ3v) is 6.56. The summed E-state index contributed by atoms with van der Waals surface area (Å²) >= 11 is 0. The zero-order valence-electron chi connectivity index (χ0n) is 18.0. The summed E-state index contributed by atoms with van der Waals surface area (Å²) in [4.78, 5) is 22.5. The van der Waals surface area contributed by atoms with Gasteiger partial charge >= 0.3 is 12.1 Å². The molecule has 1 saturated carbocycles. The second-order valence-corrected chi connectivity index (χ2v) is 8.55. The van der Waals surface area contributed by atoms with Crippen molar-refractivity contribution in [3.63, 3.8) is 0 Å². The van der Waals surface area contributed by atoms with Crippen molar-refractivity contribution in [2.45, 2.75) is 64.1 Å². The Labute approximate surface area is 185 Å². The average molecular weight is 456 g/mol. The number of aliphatic carboxylic acids is 1. The molecular formula is C23H30F2O7. The lowest BCUT2D eigenvalue weighted by Gasteiger charge is -2.32. The van der Waals surface area contributed by atoms with E-state index in [1.165, 1.54) is 0 Å². The Morgan fingerprint density at radius 1 is 1.25 bits per heavy atom. The molecule has 9 heteroatoms. The third-order valence-electron chi connectivity index (χ3n) is 6.56. The summed E-state index contributed by atoms with van der Waals surface area (Å²) in [6.07, 6.45) is -0.960. The van der Waals surface area contributed by atoms with Gasteiger partial charge in [0.05, 0.1) is 6.10 Å². The molecule has 0 amide bonds. The van der Waals surface area contributed by atoms with Crippen molar-refractivity contribution < 1.29 is 42.8 Å². The first-order valence-electron chi connectivity index (χ1n) is 11.0. The van der Waals surface area contributed by atoms with Crippen LogP contribution in [0.5, 0.6) is 5.75 Å². The number of ether oxygens (including phenoxy) is 3. The first-order valence-corrected chi connectivity index (χ1v) is 11.0. The number of benzene rings is 1. The molecule has 3 rings (SSSR count). The van der Waals surface area contributed by atoms with Crippen molar-refractivity contribution in [2.75, 3.05) is 13.2 Å². The minimum Gasteiger partial charge on any atom is -0.482 e. The molecule has 1 aromatic carbocycles. The molecule has 32 heavy (non-hydrogen) atoms. The number of carbonyl (C=O) groups excluding carboxylic acids is 1. The highest BCUT2D eigenvalue weighted by molar-refractivity contribution is 5.68. The van der Waals surface area contributed by atoms with Crippen LogP contribution in [0, 0.1) is 17.8 Å². The highest BCUT2D eigenvalue weighted by atomic mass is 19.3. The SMILES string of the molecule is CC[C@@H](CC[C@@H]1[C@H]2Cc3cccc(OCC(=O)O)c3C[C@H]2C[C@H]1O)OC(=O)OCC(F)F. The topological polar surface area (TPSA) is 102 Å². The van der Waals surface area contributed by atoms with Gasteiger partial charge in [0.2, 0.25) is 0 Å². The minimum atomic E-state index is -2.74. The van der Waals surface area contributed by atoms with E-state index in [1.54, 1.807) is 6.07 Å². The molecule has 5 atom stereocenters. The van der Waals surface area contributed by atoms with Crippen LogP contribution < -0.4 is 4.74 Å². The van der Waals surface area contributed by atoms with E-state index in [9.17, 15) is 23.5 Å². The van der Waals surface area contributed by atoms with Crippen molar-refractivity contribution in [1.82, 2.24) is 0 Å². The quantitative estimate of drug-likeness (QED) is 0.516. The fourth-order valence-electron chi connectivity index (χ4n) is 5.10. The monoisotopic (exact) mass is 456 g/mol. The Kier molecular flexibility index (Phi) is 8.28. The number of halogens is 2. The summed E-state index contributed by atoms with van der Waals surface area (Å²) in [5.41, 5.74) is 2.12. The standard InChI is InChI=1S/C23H30F2O7/c1-2-15(32-23(29)31-11-21(24)25)6-7-16-17-8-13-4-3-5-20(30-12-22(27)28)18(13)9-14(17)10-19(16)26/h3-5,14-17,19,21,26H,2,6-12H2,1H3,(H,27,28)/t14-,15-,16+,17-,19+/m0/s1. The number of rotatable bonds is 10. The number of carboxylic acids is 1. The van der Waals surface area contributed by atoms with Crippen LogP contribution in [-0.4, -0.2) is 54.2 Å². The average Bonchev–Trinajstić information content (AvgIpc) is 3.05. The zero-order chi connectivity index (χ0) is 23.3. The predicted octanol–water partition coefficient (Wildman–Crippen LogP) is 3.84. The Hall–Kier alpha value is -2.42. The van der Waals surface area contributed by atoms with Crippen LogP contribution in [0.2, 0.25) is 0 Å². The van der Waals surface area contributed by atoms with Crippen LogP contribution >= 0.6 is 0 Å². The van der Waals surface area contributed by atoms with Crippen molar-refractivity contribution in [1.29, 1.82) is 0 Å². The lowest BCUT2D eigenvalue weighted by atomic mass is 9.73. The number of fused-ring (bicyclic) bond motifs is 2. The molecule has 178 valence electrons. The number of hydrogen-bond donors (Lipinski definition) is 2. The van der Waals surface area contributed by atoms with Crippen molar-refractivity contribution in [3.05, 3.63) is 29.3 Å².